The summed E-state index contributed by atoms with van der Waals surface area (Å²) in [5.74, 6) is 1.23. The molecule has 0 atom stereocenters. The van der Waals surface area contributed by atoms with Gasteiger partial charge in [0, 0.05) is 42.2 Å². The third kappa shape index (κ3) is 8.27. The molecule has 0 unspecified atom stereocenters. The maximum absolute atomic E-state index is 12.0. The zero-order valence-corrected chi connectivity index (χ0v) is 21.2. The molecule has 0 heterocycles. The van der Waals surface area contributed by atoms with Gasteiger partial charge in [-0.1, -0.05) is 31.9 Å². The van der Waals surface area contributed by atoms with Crippen LogP contribution >= 0.6 is 75.5 Å². The van der Waals surface area contributed by atoms with Gasteiger partial charge in [-0.2, -0.15) is 11.8 Å². The van der Waals surface area contributed by atoms with Crippen molar-refractivity contribution in [1.29, 1.82) is 0 Å². The van der Waals surface area contributed by atoms with Crippen LogP contribution in [-0.4, -0.2) is 23.3 Å². The van der Waals surface area contributed by atoms with Gasteiger partial charge in [0.15, 0.2) is 0 Å². The van der Waals surface area contributed by atoms with E-state index in [0.717, 1.165) is 29.3 Å². The standard InChI is InChI=1S/C18H16Br4N2O2S/c19-11-1-3-15(13(21)9-11)23-17(25)5-7-27-8-6-18(26)24-16-4-2-12(20)10-14(16)22/h1-4,9-10H,5-8H2,(H,23,25)(H,24,26). The summed E-state index contributed by atoms with van der Waals surface area (Å²) < 4.78 is 3.54. The number of hydrogen-bond donors (Lipinski definition) is 2. The Hall–Kier alpha value is -0.350. The summed E-state index contributed by atoms with van der Waals surface area (Å²) in [7, 11) is 0. The van der Waals surface area contributed by atoms with E-state index >= 15 is 0 Å². The van der Waals surface area contributed by atoms with Gasteiger partial charge in [0.05, 0.1) is 11.4 Å². The number of amides is 2. The summed E-state index contributed by atoms with van der Waals surface area (Å²) in [5.41, 5.74) is 1.49. The van der Waals surface area contributed by atoms with E-state index in [9.17, 15) is 9.59 Å². The van der Waals surface area contributed by atoms with Crippen molar-refractivity contribution in [3.05, 3.63) is 54.3 Å². The number of rotatable bonds is 8. The molecule has 2 aromatic rings. The van der Waals surface area contributed by atoms with Crippen LogP contribution in [0.1, 0.15) is 12.8 Å². The molecule has 144 valence electrons. The molecule has 0 fully saturated rings. The van der Waals surface area contributed by atoms with Crippen molar-refractivity contribution in [1.82, 2.24) is 0 Å². The van der Waals surface area contributed by atoms with Crippen LogP contribution in [-0.2, 0) is 9.59 Å². The van der Waals surface area contributed by atoms with Crippen LogP contribution in [0.2, 0.25) is 0 Å². The minimum Gasteiger partial charge on any atom is -0.325 e. The quantitative estimate of drug-likeness (QED) is 0.310. The first-order valence-electron chi connectivity index (χ1n) is 7.92. The van der Waals surface area contributed by atoms with E-state index in [0.29, 0.717) is 24.3 Å². The Balaban J connectivity index is 1.64. The zero-order chi connectivity index (χ0) is 19.8. The van der Waals surface area contributed by atoms with Crippen LogP contribution in [0.3, 0.4) is 0 Å². The minimum absolute atomic E-state index is 0.0474. The average Bonchev–Trinajstić information content (AvgIpc) is 2.59. The number of halogens is 4. The molecule has 2 rings (SSSR count). The molecule has 0 spiro atoms. The number of nitrogens with one attached hydrogen (secondary N) is 2. The third-order valence-electron chi connectivity index (χ3n) is 3.36. The van der Waals surface area contributed by atoms with Crippen molar-refractivity contribution in [3.8, 4) is 0 Å². The fourth-order valence-electron chi connectivity index (χ4n) is 2.04. The fraction of sp³-hybridized carbons (Fsp3) is 0.222. The van der Waals surface area contributed by atoms with Gasteiger partial charge in [-0.25, -0.2) is 0 Å². The first-order valence-corrected chi connectivity index (χ1v) is 12.3. The van der Waals surface area contributed by atoms with Crippen molar-refractivity contribution in [2.75, 3.05) is 22.1 Å². The van der Waals surface area contributed by atoms with Gasteiger partial charge in [-0.15, -0.1) is 0 Å². The normalized spacial score (nSPS) is 10.5. The lowest BCUT2D eigenvalue weighted by Crippen LogP contribution is -2.14. The number of carbonyl (C=O) groups excluding carboxylic acids is 2. The monoisotopic (exact) mass is 640 g/mol. The first-order chi connectivity index (χ1) is 12.8. The van der Waals surface area contributed by atoms with E-state index in [1.165, 1.54) is 0 Å². The Bertz CT molecular complexity index is 766. The van der Waals surface area contributed by atoms with Gasteiger partial charge in [0.2, 0.25) is 11.8 Å². The number of anilines is 2. The molecule has 0 bridgehead atoms. The van der Waals surface area contributed by atoms with Crippen molar-refractivity contribution in [3.63, 3.8) is 0 Å². The highest BCUT2D eigenvalue weighted by molar-refractivity contribution is 9.11. The molecule has 4 nitrogen and oxygen atoms in total. The molecule has 0 saturated carbocycles. The molecule has 2 amide bonds. The van der Waals surface area contributed by atoms with Crippen LogP contribution in [0.15, 0.2) is 54.3 Å². The molecule has 2 aromatic carbocycles. The van der Waals surface area contributed by atoms with E-state index in [1.54, 1.807) is 11.8 Å². The highest BCUT2D eigenvalue weighted by atomic mass is 79.9. The van der Waals surface area contributed by atoms with Crippen molar-refractivity contribution >= 4 is 98.7 Å². The molecule has 27 heavy (non-hydrogen) atoms. The minimum atomic E-state index is -0.0474. The summed E-state index contributed by atoms with van der Waals surface area (Å²) in [6, 6.07) is 11.2. The van der Waals surface area contributed by atoms with E-state index in [2.05, 4.69) is 74.4 Å². The van der Waals surface area contributed by atoms with Gasteiger partial charge in [0.1, 0.15) is 0 Å². The molecule has 0 aliphatic rings. The van der Waals surface area contributed by atoms with Gasteiger partial charge in [-0.05, 0) is 68.3 Å². The maximum atomic E-state index is 12.0. The second-order valence-electron chi connectivity index (χ2n) is 5.46. The summed E-state index contributed by atoms with van der Waals surface area (Å²) in [4.78, 5) is 24.0. The second-order valence-corrected chi connectivity index (χ2v) is 10.2. The van der Waals surface area contributed by atoms with E-state index in [1.807, 2.05) is 36.4 Å². The van der Waals surface area contributed by atoms with Crippen molar-refractivity contribution in [2.45, 2.75) is 12.8 Å². The predicted octanol–water partition coefficient (Wildman–Crippen LogP) is 6.83. The zero-order valence-electron chi connectivity index (χ0n) is 14.0. The van der Waals surface area contributed by atoms with E-state index < -0.39 is 0 Å². The Morgan fingerprint density at radius 3 is 1.52 bits per heavy atom. The summed E-state index contributed by atoms with van der Waals surface area (Å²) in [6.07, 6.45) is 0.792. The molecule has 0 saturated heterocycles. The van der Waals surface area contributed by atoms with Gasteiger partial charge in [0.25, 0.3) is 0 Å². The van der Waals surface area contributed by atoms with Crippen molar-refractivity contribution < 1.29 is 9.59 Å². The summed E-state index contributed by atoms with van der Waals surface area (Å²) in [5, 5.41) is 5.74. The Morgan fingerprint density at radius 2 is 1.15 bits per heavy atom. The largest absolute Gasteiger partial charge is 0.325 e. The lowest BCUT2D eigenvalue weighted by Gasteiger charge is -2.09. The Morgan fingerprint density at radius 1 is 0.741 bits per heavy atom. The molecule has 0 aromatic heterocycles. The second kappa shape index (κ2) is 11.6. The van der Waals surface area contributed by atoms with Crippen LogP contribution in [0.25, 0.3) is 0 Å². The highest BCUT2D eigenvalue weighted by Gasteiger charge is 2.08. The number of carbonyl (C=O) groups is 2. The summed E-state index contributed by atoms with van der Waals surface area (Å²) >= 11 is 15.2. The molecule has 0 aliphatic heterocycles. The lowest BCUT2D eigenvalue weighted by atomic mass is 10.3. The predicted molar refractivity (Wildman–Crippen MR) is 128 cm³/mol. The lowest BCUT2D eigenvalue weighted by molar-refractivity contribution is -0.116. The van der Waals surface area contributed by atoms with Crippen LogP contribution in [0.5, 0.6) is 0 Å². The molecule has 9 heteroatoms. The van der Waals surface area contributed by atoms with Crippen molar-refractivity contribution in [2.24, 2.45) is 0 Å². The molecule has 0 aliphatic carbocycles. The van der Waals surface area contributed by atoms with E-state index in [4.69, 9.17) is 0 Å². The average molecular weight is 644 g/mol. The van der Waals surface area contributed by atoms with E-state index in [-0.39, 0.29) is 11.8 Å². The molecule has 0 radical (unpaired) electrons. The fourth-order valence-corrected chi connectivity index (χ4v) is 5.19. The maximum Gasteiger partial charge on any atom is 0.225 e. The SMILES string of the molecule is O=C(CCSCCC(=O)Nc1ccc(Br)cc1Br)Nc1ccc(Br)cc1Br. The number of thioether (sulfide) groups is 1. The molecular weight excluding hydrogens is 628 g/mol. The molecular formula is C18H16Br4N2O2S. The topological polar surface area (TPSA) is 58.2 Å². The Kier molecular flexibility index (Phi) is 9.86. The Labute approximate surface area is 196 Å². The van der Waals surface area contributed by atoms with Gasteiger partial charge in [-0.3, -0.25) is 9.59 Å². The van der Waals surface area contributed by atoms with Gasteiger partial charge < -0.3 is 10.6 Å². The third-order valence-corrected chi connectivity index (χ3v) is 6.64. The smallest absolute Gasteiger partial charge is 0.225 e. The van der Waals surface area contributed by atoms with Crippen LogP contribution in [0, 0.1) is 0 Å². The number of hydrogen-bond acceptors (Lipinski definition) is 3. The highest BCUT2D eigenvalue weighted by Crippen LogP contribution is 2.27. The van der Waals surface area contributed by atoms with Crippen LogP contribution < -0.4 is 10.6 Å². The van der Waals surface area contributed by atoms with Gasteiger partial charge >= 0.3 is 0 Å². The first kappa shape index (κ1) is 22.9. The van der Waals surface area contributed by atoms with Crippen LogP contribution in [0.4, 0.5) is 11.4 Å². The number of benzene rings is 2. The summed E-state index contributed by atoms with van der Waals surface area (Å²) in [6.45, 7) is 0. The molecule has 2 N–H and O–H groups in total.